The van der Waals surface area contributed by atoms with E-state index in [1.165, 1.54) is 31.5 Å². The van der Waals surface area contributed by atoms with Gasteiger partial charge in [-0.15, -0.1) is 0 Å². The van der Waals surface area contributed by atoms with Crippen LogP contribution in [0, 0.1) is 0 Å². The van der Waals surface area contributed by atoms with Gasteiger partial charge in [0.1, 0.15) is 11.5 Å². The highest BCUT2D eigenvalue weighted by molar-refractivity contribution is 5.91. The van der Waals surface area contributed by atoms with Crippen LogP contribution in [0.2, 0.25) is 0 Å². The van der Waals surface area contributed by atoms with Gasteiger partial charge < -0.3 is 10.1 Å². The van der Waals surface area contributed by atoms with Crippen LogP contribution >= 0.6 is 0 Å². The molecule has 0 fully saturated rings. The van der Waals surface area contributed by atoms with Crippen molar-refractivity contribution in [3.63, 3.8) is 0 Å². The molecule has 0 aliphatic carbocycles. The Hall–Kier alpha value is -3.96. The van der Waals surface area contributed by atoms with Gasteiger partial charge in [-0.2, -0.15) is 26.3 Å². The minimum absolute atomic E-state index is 0.0170. The van der Waals surface area contributed by atoms with Crippen LogP contribution in [0.1, 0.15) is 11.1 Å². The van der Waals surface area contributed by atoms with Crippen LogP contribution in [0.25, 0.3) is 22.4 Å². The third-order valence-corrected chi connectivity index (χ3v) is 4.58. The largest absolute Gasteiger partial charge is 0.481 e. The topological polar surface area (TPSA) is 72.8 Å². The zero-order valence-corrected chi connectivity index (χ0v) is 16.7. The second-order valence-electron chi connectivity index (χ2n) is 6.73. The number of methoxy groups -OCH3 is 1. The number of fused-ring (bicyclic) bond motifs is 1. The van der Waals surface area contributed by atoms with E-state index >= 15 is 0 Å². The highest BCUT2D eigenvalue weighted by Crippen LogP contribution is 2.37. The third kappa shape index (κ3) is 4.64. The number of alkyl halides is 6. The molecule has 0 saturated carbocycles. The molecule has 0 aromatic carbocycles. The van der Waals surface area contributed by atoms with Gasteiger partial charge >= 0.3 is 12.4 Å². The van der Waals surface area contributed by atoms with E-state index in [0.717, 1.165) is 24.3 Å². The molecular formula is C21H13F6N5O. The lowest BCUT2D eigenvalue weighted by Gasteiger charge is -2.14. The van der Waals surface area contributed by atoms with Gasteiger partial charge in [-0.25, -0.2) is 19.9 Å². The minimum Gasteiger partial charge on any atom is -0.481 e. The molecule has 0 spiro atoms. The van der Waals surface area contributed by atoms with E-state index < -0.39 is 29.2 Å². The highest BCUT2D eigenvalue weighted by Gasteiger charge is 2.35. The predicted octanol–water partition coefficient (Wildman–Crippen LogP) is 5.88. The number of anilines is 2. The lowest BCUT2D eigenvalue weighted by molar-refractivity contribution is -0.138. The second kappa shape index (κ2) is 8.19. The molecule has 0 radical (unpaired) electrons. The van der Waals surface area contributed by atoms with Gasteiger partial charge in [0.05, 0.1) is 29.6 Å². The van der Waals surface area contributed by atoms with Crippen molar-refractivity contribution in [2.45, 2.75) is 12.4 Å². The predicted molar refractivity (Wildman–Crippen MR) is 107 cm³/mol. The molecule has 12 heteroatoms. The van der Waals surface area contributed by atoms with Crippen LogP contribution in [0.5, 0.6) is 5.88 Å². The third-order valence-electron chi connectivity index (χ3n) is 4.58. The first-order valence-corrected chi connectivity index (χ1v) is 9.25. The maximum absolute atomic E-state index is 13.5. The lowest BCUT2D eigenvalue weighted by Crippen LogP contribution is -2.09. The number of halogens is 6. The summed E-state index contributed by atoms with van der Waals surface area (Å²) >= 11 is 0. The SMILES string of the molecule is COc1ccc(C(F)(F)F)c(-c2ccc3c(Nc4ccc(C(F)(F)F)cn4)ccnc3n2)n1. The van der Waals surface area contributed by atoms with Gasteiger partial charge in [0, 0.05) is 23.8 Å². The maximum Gasteiger partial charge on any atom is 0.418 e. The quantitative estimate of drug-likeness (QED) is 0.380. The summed E-state index contributed by atoms with van der Waals surface area (Å²) in [7, 11) is 1.28. The van der Waals surface area contributed by atoms with Crippen LogP contribution in [0.3, 0.4) is 0 Å². The first-order chi connectivity index (χ1) is 15.6. The van der Waals surface area contributed by atoms with Crippen LogP contribution in [0.4, 0.5) is 37.8 Å². The van der Waals surface area contributed by atoms with Gasteiger partial charge in [0.25, 0.3) is 0 Å². The Balaban J connectivity index is 1.73. The van der Waals surface area contributed by atoms with Gasteiger partial charge in [-0.05, 0) is 36.4 Å². The molecule has 0 atom stereocenters. The van der Waals surface area contributed by atoms with Gasteiger partial charge in [-0.3, -0.25) is 0 Å². The number of rotatable bonds is 4. The molecule has 4 aromatic heterocycles. The van der Waals surface area contributed by atoms with Crippen molar-refractivity contribution in [1.82, 2.24) is 19.9 Å². The Bertz CT molecular complexity index is 1310. The summed E-state index contributed by atoms with van der Waals surface area (Å²) in [5, 5.41) is 3.28. The molecule has 6 nitrogen and oxygen atoms in total. The summed E-state index contributed by atoms with van der Waals surface area (Å²) < 4.78 is 83.5. The van der Waals surface area contributed by atoms with E-state index in [9.17, 15) is 26.3 Å². The number of nitrogens with one attached hydrogen (secondary N) is 1. The molecule has 0 saturated heterocycles. The van der Waals surface area contributed by atoms with E-state index in [0.29, 0.717) is 17.3 Å². The Labute approximate surface area is 182 Å². The molecule has 4 rings (SSSR count). The number of ether oxygens (including phenoxy) is 1. The molecule has 170 valence electrons. The van der Waals surface area contributed by atoms with Crippen molar-refractivity contribution in [3.05, 3.63) is 66.0 Å². The normalized spacial score (nSPS) is 12.1. The number of nitrogens with zero attached hydrogens (tertiary/aromatic N) is 4. The number of hydrogen-bond acceptors (Lipinski definition) is 6. The van der Waals surface area contributed by atoms with E-state index in [2.05, 4.69) is 25.3 Å². The molecule has 0 amide bonds. The highest BCUT2D eigenvalue weighted by atomic mass is 19.4. The van der Waals surface area contributed by atoms with Crippen molar-refractivity contribution in [3.8, 4) is 17.3 Å². The molecule has 1 N–H and O–H groups in total. The summed E-state index contributed by atoms with van der Waals surface area (Å²) in [4.78, 5) is 15.9. The molecular weight excluding hydrogens is 452 g/mol. The summed E-state index contributed by atoms with van der Waals surface area (Å²) in [5.74, 6) is 0.116. The van der Waals surface area contributed by atoms with Crippen molar-refractivity contribution in [1.29, 1.82) is 0 Å². The molecule has 4 heterocycles. The molecule has 33 heavy (non-hydrogen) atoms. The zero-order chi connectivity index (χ0) is 23.8. The van der Waals surface area contributed by atoms with E-state index in [4.69, 9.17) is 4.74 Å². The van der Waals surface area contributed by atoms with Crippen molar-refractivity contribution >= 4 is 22.5 Å². The van der Waals surface area contributed by atoms with E-state index in [1.807, 2.05) is 0 Å². The second-order valence-corrected chi connectivity index (χ2v) is 6.73. The van der Waals surface area contributed by atoms with Crippen molar-refractivity contribution in [2.75, 3.05) is 12.4 Å². The Morgan fingerprint density at radius 3 is 2.24 bits per heavy atom. The van der Waals surface area contributed by atoms with Gasteiger partial charge in [0.2, 0.25) is 5.88 Å². The van der Waals surface area contributed by atoms with Gasteiger partial charge in [-0.1, -0.05) is 0 Å². The molecule has 4 aromatic rings. The van der Waals surface area contributed by atoms with Crippen molar-refractivity contribution in [2.24, 2.45) is 0 Å². The fourth-order valence-electron chi connectivity index (χ4n) is 3.02. The fraction of sp³-hybridized carbons (Fsp3) is 0.143. The lowest BCUT2D eigenvalue weighted by atomic mass is 10.1. The maximum atomic E-state index is 13.5. The van der Waals surface area contributed by atoms with E-state index in [-0.39, 0.29) is 23.0 Å². The average molecular weight is 465 g/mol. The number of hydrogen-bond donors (Lipinski definition) is 1. The number of pyridine rings is 4. The Morgan fingerprint density at radius 2 is 1.61 bits per heavy atom. The summed E-state index contributed by atoms with van der Waals surface area (Å²) in [5.41, 5.74) is -1.88. The molecule has 0 bridgehead atoms. The molecule has 0 unspecified atom stereocenters. The van der Waals surface area contributed by atoms with Crippen LogP contribution in [0.15, 0.2) is 54.9 Å². The van der Waals surface area contributed by atoms with E-state index in [1.54, 1.807) is 0 Å². The van der Waals surface area contributed by atoms with Crippen LogP contribution < -0.4 is 10.1 Å². The first-order valence-electron chi connectivity index (χ1n) is 9.25. The Kier molecular flexibility index (Phi) is 5.52. The monoisotopic (exact) mass is 465 g/mol. The number of aromatic nitrogens is 4. The molecule has 0 aliphatic rings. The minimum atomic E-state index is -4.67. The summed E-state index contributed by atoms with van der Waals surface area (Å²) in [6.07, 6.45) is -7.14. The van der Waals surface area contributed by atoms with Crippen LogP contribution in [-0.4, -0.2) is 27.0 Å². The van der Waals surface area contributed by atoms with Crippen LogP contribution in [-0.2, 0) is 12.4 Å². The molecule has 0 aliphatic heterocycles. The fourth-order valence-corrected chi connectivity index (χ4v) is 3.02. The smallest absolute Gasteiger partial charge is 0.418 e. The summed E-state index contributed by atoms with van der Waals surface area (Å²) in [6.45, 7) is 0. The van der Waals surface area contributed by atoms with Crippen molar-refractivity contribution < 1.29 is 31.1 Å². The Morgan fingerprint density at radius 1 is 0.818 bits per heavy atom. The standard InChI is InChI=1S/C21H13F6N5O/c1-33-17-7-4-13(21(25,26)27)18(32-17)15-5-3-12-14(8-9-28-19(12)31-15)30-16-6-2-11(10-29-16)20(22,23)24/h2-10H,1H3,(H,28,29,30,31). The average Bonchev–Trinajstić information content (AvgIpc) is 2.77. The first kappa shape index (κ1) is 22.2. The van der Waals surface area contributed by atoms with Gasteiger partial charge in [0.15, 0.2) is 5.65 Å². The zero-order valence-electron chi connectivity index (χ0n) is 16.7. The summed E-state index contributed by atoms with van der Waals surface area (Å²) in [6, 6.07) is 8.35.